The van der Waals surface area contributed by atoms with Gasteiger partial charge in [-0.1, -0.05) is 0 Å². The van der Waals surface area contributed by atoms with Gasteiger partial charge in [0.15, 0.2) is 41.0 Å². The number of aromatic nitrogens is 8. The maximum atomic E-state index is 12.6. The minimum absolute atomic E-state index is 0.00900. The average molecular weight is 850 g/mol. The predicted molar refractivity (Wildman–Crippen MR) is 172 cm³/mol. The van der Waals surface area contributed by atoms with E-state index in [1.165, 1.54) is 4.57 Å². The molecule has 0 aliphatic carbocycles. The van der Waals surface area contributed by atoms with Crippen LogP contribution in [0.2, 0.25) is 0 Å². The highest BCUT2D eigenvalue weighted by Gasteiger charge is 2.49. The quantitative estimate of drug-likeness (QED) is 0.0562. The molecule has 4 aromatic rings. The Bertz CT molecular complexity index is 2310. The third-order valence-corrected chi connectivity index (χ3v) is 15.2. The number of H-pyrrole nitrogens is 1. The highest BCUT2D eigenvalue weighted by atomic mass is 31.3. The SMILES string of the molecule is Nc1nc2c(ncn2[C@@H]2O[C@H](COP(=O)(O)OP(=O)(O)CP(=O)(O)OP(=O)(O)OC[C@H]3O[C@@H](n4cnc5c(N)ncnc54)C(O)C3O)C(O)C2O)c(=O)[nH]1. The van der Waals surface area contributed by atoms with Crippen molar-refractivity contribution in [3.05, 3.63) is 29.3 Å². The number of fused-ring (bicyclic) bond motifs is 2. The Kier molecular flexibility index (Phi) is 11.1. The van der Waals surface area contributed by atoms with Gasteiger partial charge < -0.3 is 60.9 Å². The zero-order chi connectivity index (χ0) is 39.5. The summed E-state index contributed by atoms with van der Waals surface area (Å²) >= 11 is 0. The summed E-state index contributed by atoms with van der Waals surface area (Å²) in [6.07, 6.45) is -9.95. The summed E-state index contributed by atoms with van der Waals surface area (Å²) in [5, 5.41) is 41.9. The molecule has 33 heteroatoms. The van der Waals surface area contributed by atoms with Gasteiger partial charge in [-0.05, 0) is 0 Å². The van der Waals surface area contributed by atoms with E-state index in [0.29, 0.717) is 0 Å². The standard InChI is InChI=1S/C21H30N10O19P4/c22-15-9-16(25-3-24-15)30(4-26-9)19-13(34)11(32)7(47-19)1-45-53(41,42)49-51(37,38)6-52(39,40)50-54(43,44)46-2-8-12(33)14(35)20(48-8)31-5-27-10-17(31)28-21(23)29-18(10)36/h3-5,7-8,11-14,19-20,32-35H,1-2,6H2,(H,37,38)(H,39,40)(H,41,42)(H,43,44)(H2,22,24,25)(H3,23,28,29,36)/t7-,8-,11?,12?,13?,14?,19-,20-/m1/s1. The zero-order valence-electron chi connectivity index (χ0n) is 26.6. The first-order chi connectivity index (χ1) is 25.1. The molecule has 0 spiro atoms. The van der Waals surface area contributed by atoms with Crippen molar-refractivity contribution in [1.29, 1.82) is 0 Å². The van der Waals surface area contributed by atoms with Gasteiger partial charge >= 0.3 is 30.8 Å². The normalized spacial score (nSPS) is 30.6. The van der Waals surface area contributed by atoms with Crippen LogP contribution in [0.25, 0.3) is 22.3 Å². The number of ether oxygens (including phenoxy) is 2. The number of aliphatic hydroxyl groups is 4. The number of hydrogen-bond donors (Lipinski definition) is 11. The minimum Gasteiger partial charge on any atom is -0.387 e. The van der Waals surface area contributed by atoms with Crippen molar-refractivity contribution in [2.45, 2.75) is 49.1 Å². The van der Waals surface area contributed by atoms with Crippen molar-refractivity contribution in [3.63, 3.8) is 0 Å². The Morgan fingerprint density at radius 2 is 1.20 bits per heavy atom. The molecule has 4 aromatic heterocycles. The monoisotopic (exact) mass is 850 g/mol. The molecular formula is C21H30N10O19P4. The van der Waals surface area contributed by atoms with E-state index in [9.17, 15) is 63.1 Å². The number of aliphatic hydroxyl groups excluding tert-OH is 4. The molecule has 2 fully saturated rings. The van der Waals surface area contributed by atoms with Gasteiger partial charge in [-0.2, -0.15) is 4.98 Å². The molecule has 13 N–H and O–H groups in total. The van der Waals surface area contributed by atoms with E-state index < -0.39 is 105 Å². The Hall–Kier alpha value is -3.14. The molecule has 0 amide bonds. The summed E-state index contributed by atoms with van der Waals surface area (Å²) in [6.45, 7) is -2.18. The molecule has 8 unspecified atom stereocenters. The third kappa shape index (κ3) is 8.48. The lowest BCUT2D eigenvalue weighted by Gasteiger charge is -2.22. The van der Waals surface area contributed by atoms with E-state index in [2.05, 4.69) is 47.6 Å². The van der Waals surface area contributed by atoms with E-state index in [1.54, 1.807) is 0 Å². The highest BCUT2D eigenvalue weighted by Crippen LogP contribution is 2.70. The van der Waals surface area contributed by atoms with Crippen LogP contribution >= 0.6 is 30.8 Å². The molecule has 6 rings (SSSR count). The van der Waals surface area contributed by atoms with Gasteiger partial charge in [0.25, 0.3) is 5.56 Å². The zero-order valence-corrected chi connectivity index (χ0v) is 30.2. The molecular weight excluding hydrogens is 820 g/mol. The first-order valence-electron chi connectivity index (χ1n) is 14.8. The van der Waals surface area contributed by atoms with Gasteiger partial charge in [0.1, 0.15) is 48.5 Å². The number of anilines is 2. The summed E-state index contributed by atoms with van der Waals surface area (Å²) in [4.78, 5) is 73.9. The number of phosphoric ester groups is 2. The van der Waals surface area contributed by atoms with Gasteiger partial charge in [-0.25, -0.2) is 37.7 Å². The van der Waals surface area contributed by atoms with Crippen LogP contribution in [0.4, 0.5) is 11.8 Å². The summed E-state index contributed by atoms with van der Waals surface area (Å²) in [7, 11) is -22.8. The number of phosphoric acid groups is 2. The van der Waals surface area contributed by atoms with Crippen LogP contribution in [0.1, 0.15) is 12.5 Å². The largest absolute Gasteiger partial charge is 0.479 e. The first-order valence-corrected chi connectivity index (χ1v) is 21.3. The van der Waals surface area contributed by atoms with Crippen LogP contribution < -0.4 is 17.0 Å². The number of nitrogens with zero attached hydrogens (tertiary/aromatic N) is 7. The van der Waals surface area contributed by atoms with Crippen molar-refractivity contribution >= 4 is 64.9 Å². The van der Waals surface area contributed by atoms with Crippen molar-refractivity contribution in [3.8, 4) is 0 Å². The Labute approximate surface area is 298 Å². The molecule has 0 aromatic carbocycles. The van der Waals surface area contributed by atoms with Crippen LogP contribution in [0.15, 0.2) is 23.8 Å². The molecule has 2 aliphatic rings. The molecule has 298 valence electrons. The Morgan fingerprint density at radius 1 is 0.722 bits per heavy atom. The van der Waals surface area contributed by atoms with E-state index >= 15 is 0 Å². The van der Waals surface area contributed by atoms with Gasteiger partial charge in [0.2, 0.25) is 5.95 Å². The lowest BCUT2D eigenvalue weighted by atomic mass is 10.1. The van der Waals surface area contributed by atoms with Gasteiger partial charge in [-0.15, -0.1) is 0 Å². The highest BCUT2D eigenvalue weighted by molar-refractivity contribution is 7.76. The molecule has 0 bridgehead atoms. The summed E-state index contributed by atoms with van der Waals surface area (Å²) in [5.41, 5.74) is 10.4. The van der Waals surface area contributed by atoms with Gasteiger partial charge in [0.05, 0.1) is 25.9 Å². The Balaban J connectivity index is 1.02. The average Bonchev–Trinajstić information content (AvgIpc) is 3.79. The fourth-order valence-electron chi connectivity index (χ4n) is 5.36. The number of hydrogen-bond acceptors (Lipinski definition) is 22. The molecule has 12 atom stereocenters. The fraction of sp³-hybridized carbons (Fsp3) is 0.524. The summed E-state index contributed by atoms with van der Waals surface area (Å²) in [5.74, 6) is -2.40. The molecule has 0 saturated carbocycles. The van der Waals surface area contributed by atoms with Gasteiger partial charge in [-0.3, -0.25) is 37.1 Å². The second-order valence-electron chi connectivity index (χ2n) is 11.6. The van der Waals surface area contributed by atoms with Crippen LogP contribution in [0.3, 0.4) is 0 Å². The van der Waals surface area contributed by atoms with E-state index in [4.69, 9.17) is 20.9 Å². The fourth-order valence-corrected chi connectivity index (χ4v) is 12.1. The van der Waals surface area contributed by atoms with E-state index in [1.807, 2.05) is 0 Å². The lowest BCUT2D eigenvalue weighted by Crippen LogP contribution is -2.33. The number of nitrogen functional groups attached to an aromatic ring is 2. The van der Waals surface area contributed by atoms with Crippen LogP contribution in [-0.4, -0.2) is 135 Å². The maximum Gasteiger partial charge on any atom is 0.479 e. The third-order valence-electron chi connectivity index (χ3n) is 7.68. The van der Waals surface area contributed by atoms with Crippen molar-refractivity contribution in [2.75, 3.05) is 30.6 Å². The van der Waals surface area contributed by atoms with E-state index in [0.717, 1.165) is 23.5 Å². The number of nitrogens with two attached hydrogens (primary N) is 2. The van der Waals surface area contributed by atoms with E-state index in [-0.39, 0.29) is 34.1 Å². The second kappa shape index (κ2) is 14.7. The molecule has 2 aliphatic heterocycles. The van der Waals surface area contributed by atoms with Crippen LogP contribution in [0, 0.1) is 0 Å². The topological polar surface area (TPSA) is 445 Å². The molecule has 54 heavy (non-hydrogen) atoms. The predicted octanol–water partition coefficient (Wildman–Crippen LogP) is -3.04. The number of aromatic amines is 1. The number of rotatable bonds is 14. The smallest absolute Gasteiger partial charge is 0.387 e. The van der Waals surface area contributed by atoms with Crippen molar-refractivity contribution in [2.24, 2.45) is 0 Å². The molecule has 29 nitrogen and oxygen atoms in total. The van der Waals surface area contributed by atoms with Crippen molar-refractivity contribution in [1.82, 2.24) is 39.0 Å². The van der Waals surface area contributed by atoms with Crippen LogP contribution in [-0.2, 0) is 45.4 Å². The first kappa shape index (κ1) is 40.5. The minimum atomic E-state index is -5.72. The Morgan fingerprint density at radius 3 is 1.72 bits per heavy atom. The number of imidazole rings is 2. The lowest BCUT2D eigenvalue weighted by molar-refractivity contribution is -0.0502. The molecule has 2 saturated heterocycles. The van der Waals surface area contributed by atoms with Crippen molar-refractivity contribution < 1.29 is 85.4 Å². The summed E-state index contributed by atoms with van der Waals surface area (Å²) in [6, 6.07) is 0. The second-order valence-corrected chi connectivity index (χ2v) is 18.9. The molecule has 6 heterocycles. The van der Waals surface area contributed by atoms with Crippen LogP contribution in [0.5, 0.6) is 0 Å². The molecule has 0 radical (unpaired) electrons. The summed E-state index contributed by atoms with van der Waals surface area (Å²) < 4.78 is 80.7. The number of nitrogens with one attached hydrogen (secondary N) is 1. The maximum absolute atomic E-state index is 12.6. The van der Waals surface area contributed by atoms with Gasteiger partial charge in [0, 0.05) is 0 Å².